The average Bonchev–Trinajstić information content (AvgIpc) is 2.01. The van der Waals surface area contributed by atoms with Crippen LogP contribution in [0.15, 0.2) is 0 Å². The third kappa shape index (κ3) is 1.46. The highest BCUT2D eigenvalue weighted by molar-refractivity contribution is 4.96. The van der Waals surface area contributed by atoms with Crippen molar-refractivity contribution >= 4 is 0 Å². The van der Waals surface area contributed by atoms with Crippen LogP contribution in [0.1, 0.15) is 6.92 Å². The maximum Gasteiger partial charge on any atom is 0.119 e. The Bertz CT molecular complexity index is 154. The van der Waals surface area contributed by atoms with Crippen LogP contribution in [0.2, 0.25) is 0 Å². The van der Waals surface area contributed by atoms with E-state index in [-0.39, 0.29) is 13.2 Å². The average molecular weight is 178 g/mol. The van der Waals surface area contributed by atoms with E-state index in [1.165, 1.54) is 6.92 Å². The van der Waals surface area contributed by atoms with Gasteiger partial charge >= 0.3 is 0 Å². The lowest BCUT2D eigenvalue weighted by atomic mass is 9.87. The van der Waals surface area contributed by atoms with Crippen molar-refractivity contribution in [2.24, 2.45) is 0 Å². The van der Waals surface area contributed by atoms with Gasteiger partial charge in [0, 0.05) is 0 Å². The summed E-state index contributed by atoms with van der Waals surface area (Å²) in [6.07, 6.45) is -3.21. The zero-order valence-electron chi connectivity index (χ0n) is 6.84. The summed E-state index contributed by atoms with van der Waals surface area (Å²) in [4.78, 5) is 0. The Labute approximate surface area is 70.2 Å². The van der Waals surface area contributed by atoms with Crippen LogP contribution in [0.3, 0.4) is 0 Å². The molecule has 1 aliphatic rings. The van der Waals surface area contributed by atoms with Crippen LogP contribution in [0.5, 0.6) is 0 Å². The van der Waals surface area contributed by atoms with E-state index in [2.05, 4.69) is 0 Å². The number of hydrogen-bond acceptors (Lipinski definition) is 5. The first-order chi connectivity index (χ1) is 5.50. The van der Waals surface area contributed by atoms with Crippen molar-refractivity contribution in [2.75, 3.05) is 13.2 Å². The van der Waals surface area contributed by atoms with Crippen molar-refractivity contribution < 1.29 is 25.2 Å². The lowest BCUT2D eigenvalue weighted by Crippen LogP contribution is -2.62. The lowest BCUT2D eigenvalue weighted by molar-refractivity contribution is -0.241. The van der Waals surface area contributed by atoms with E-state index in [0.29, 0.717) is 0 Å². The van der Waals surface area contributed by atoms with Crippen molar-refractivity contribution in [1.29, 1.82) is 0 Å². The van der Waals surface area contributed by atoms with Crippen molar-refractivity contribution in [3.05, 3.63) is 0 Å². The Morgan fingerprint density at radius 1 is 1.50 bits per heavy atom. The van der Waals surface area contributed by atoms with Crippen LogP contribution < -0.4 is 0 Å². The predicted molar refractivity (Wildman–Crippen MR) is 39.5 cm³/mol. The number of aliphatic hydroxyl groups excluding tert-OH is 3. The molecule has 5 nitrogen and oxygen atoms in total. The Morgan fingerprint density at radius 2 is 2.08 bits per heavy atom. The van der Waals surface area contributed by atoms with Gasteiger partial charge in [-0.3, -0.25) is 0 Å². The fourth-order valence-electron chi connectivity index (χ4n) is 1.29. The molecule has 0 bridgehead atoms. The molecule has 1 rings (SSSR count). The fraction of sp³-hybridized carbons (Fsp3) is 1.00. The normalized spacial score (nSPS) is 49.2. The summed E-state index contributed by atoms with van der Waals surface area (Å²) in [6, 6.07) is 0. The minimum atomic E-state index is -1.59. The maximum absolute atomic E-state index is 9.58. The Morgan fingerprint density at radius 3 is 2.58 bits per heavy atom. The van der Waals surface area contributed by atoms with E-state index in [1.807, 2.05) is 0 Å². The second kappa shape index (κ2) is 3.27. The second-order valence-electron chi connectivity index (χ2n) is 3.24. The molecule has 1 saturated heterocycles. The maximum atomic E-state index is 9.58. The summed E-state index contributed by atoms with van der Waals surface area (Å²) in [6.45, 7) is 0.875. The summed E-state index contributed by atoms with van der Waals surface area (Å²) < 4.78 is 4.92. The zero-order valence-corrected chi connectivity index (χ0v) is 6.84. The van der Waals surface area contributed by atoms with Gasteiger partial charge in [0.15, 0.2) is 0 Å². The van der Waals surface area contributed by atoms with Gasteiger partial charge in [0.1, 0.15) is 23.9 Å². The minimum absolute atomic E-state index is 0.0669. The molecule has 72 valence electrons. The molecule has 0 aliphatic carbocycles. The van der Waals surface area contributed by atoms with Gasteiger partial charge in [0.2, 0.25) is 0 Å². The van der Waals surface area contributed by atoms with Crippen molar-refractivity contribution in [2.45, 2.75) is 30.8 Å². The molecule has 0 aromatic heterocycles. The van der Waals surface area contributed by atoms with Gasteiger partial charge < -0.3 is 25.2 Å². The molecule has 0 unspecified atom stereocenters. The lowest BCUT2D eigenvalue weighted by Gasteiger charge is -2.42. The smallest absolute Gasteiger partial charge is 0.119 e. The number of hydrogen-bond donors (Lipinski definition) is 4. The molecule has 0 spiro atoms. The largest absolute Gasteiger partial charge is 0.394 e. The summed E-state index contributed by atoms with van der Waals surface area (Å²) in [5, 5.41) is 36.8. The van der Waals surface area contributed by atoms with E-state index >= 15 is 0 Å². The molecule has 0 aromatic carbocycles. The Hall–Kier alpha value is -0.200. The molecule has 12 heavy (non-hydrogen) atoms. The molecule has 0 amide bonds. The zero-order chi connectivity index (χ0) is 9.35. The molecule has 0 radical (unpaired) electrons. The van der Waals surface area contributed by atoms with Gasteiger partial charge in [-0.15, -0.1) is 0 Å². The third-order valence-corrected chi connectivity index (χ3v) is 2.25. The van der Waals surface area contributed by atoms with Crippen LogP contribution in [0.25, 0.3) is 0 Å². The highest BCUT2D eigenvalue weighted by Crippen LogP contribution is 2.25. The van der Waals surface area contributed by atoms with Gasteiger partial charge in [0.05, 0.1) is 13.2 Å². The highest BCUT2D eigenvalue weighted by Gasteiger charge is 2.47. The number of ether oxygens (including phenoxy) is 1. The molecule has 5 heteroatoms. The first-order valence-corrected chi connectivity index (χ1v) is 3.81. The summed E-state index contributed by atoms with van der Waals surface area (Å²) in [7, 11) is 0. The van der Waals surface area contributed by atoms with Crippen molar-refractivity contribution in [3.63, 3.8) is 0 Å². The number of rotatable bonds is 1. The Kier molecular flexibility index (Phi) is 2.70. The van der Waals surface area contributed by atoms with Gasteiger partial charge in [-0.1, -0.05) is 0 Å². The SMILES string of the molecule is C[C@]1(O)[C@H](O)[C@@H](O)CO[C@@H]1CO. The Balaban J connectivity index is 2.73. The van der Waals surface area contributed by atoms with Gasteiger partial charge in [-0.2, -0.15) is 0 Å². The molecule has 4 atom stereocenters. The van der Waals surface area contributed by atoms with E-state index in [1.54, 1.807) is 0 Å². The molecule has 1 aliphatic heterocycles. The first kappa shape index (κ1) is 9.88. The summed E-state index contributed by atoms with van der Waals surface area (Å²) in [5.41, 5.74) is -1.59. The van der Waals surface area contributed by atoms with Crippen molar-refractivity contribution in [1.82, 2.24) is 0 Å². The van der Waals surface area contributed by atoms with Crippen LogP contribution in [-0.4, -0.2) is 57.6 Å². The predicted octanol–water partition coefficient (Wildman–Crippen LogP) is -2.15. The highest BCUT2D eigenvalue weighted by atomic mass is 16.5. The van der Waals surface area contributed by atoms with Crippen LogP contribution >= 0.6 is 0 Å². The van der Waals surface area contributed by atoms with Crippen LogP contribution in [0, 0.1) is 0 Å². The standard InChI is InChI=1S/C7H14O5/c1-7(11)5(2-8)12-3-4(9)6(7)10/h4-6,8-11H,2-3H2,1H3/t4-,5+,6+,7+/m0/s1. The summed E-state index contributed by atoms with van der Waals surface area (Å²) >= 11 is 0. The minimum Gasteiger partial charge on any atom is -0.394 e. The molecular weight excluding hydrogens is 164 g/mol. The van der Waals surface area contributed by atoms with Crippen LogP contribution in [0.4, 0.5) is 0 Å². The third-order valence-electron chi connectivity index (χ3n) is 2.25. The molecule has 1 fully saturated rings. The monoisotopic (exact) mass is 178 g/mol. The summed E-state index contributed by atoms with van der Waals surface area (Å²) in [5.74, 6) is 0. The quantitative estimate of drug-likeness (QED) is 0.367. The van der Waals surface area contributed by atoms with Gasteiger partial charge in [-0.25, -0.2) is 0 Å². The van der Waals surface area contributed by atoms with Gasteiger partial charge in [0.25, 0.3) is 0 Å². The van der Waals surface area contributed by atoms with E-state index in [9.17, 15) is 10.2 Å². The fourth-order valence-corrected chi connectivity index (χ4v) is 1.29. The second-order valence-corrected chi connectivity index (χ2v) is 3.24. The van der Waals surface area contributed by atoms with Crippen LogP contribution in [-0.2, 0) is 4.74 Å². The van der Waals surface area contributed by atoms with E-state index in [4.69, 9.17) is 14.9 Å². The molecule has 4 N–H and O–H groups in total. The first-order valence-electron chi connectivity index (χ1n) is 3.81. The molecule has 1 heterocycles. The van der Waals surface area contributed by atoms with Gasteiger partial charge in [-0.05, 0) is 6.92 Å². The van der Waals surface area contributed by atoms with E-state index < -0.39 is 23.9 Å². The molecular formula is C7H14O5. The van der Waals surface area contributed by atoms with Crippen molar-refractivity contribution in [3.8, 4) is 0 Å². The molecule has 0 aromatic rings. The topological polar surface area (TPSA) is 90.2 Å². The van der Waals surface area contributed by atoms with E-state index in [0.717, 1.165) is 0 Å². The number of aliphatic hydroxyl groups is 4. The molecule has 0 saturated carbocycles.